The van der Waals surface area contributed by atoms with Gasteiger partial charge >= 0.3 is 0 Å². The van der Waals surface area contributed by atoms with Crippen LogP contribution in [0.2, 0.25) is 0 Å². The van der Waals surface area contributed by atoms with Crippen LogP contribution in [0.4, 0.5) is 0 Å². The number of Topliss-reactive ketones (excluding diaryl/α,β-unsaturated/α-hetero) is 1. The minimum atomic E-state index is 0.389. The number of hydrogen-bond acceptors (Lipinski definition) is 1. The van der Waals surface area contributed by atoms with Crippen LogP contribution in [0.5, 0.6) is 0 Å². The molecule has 0 radical (unpaired) electrons. The lowest BCUT2D eigenvalue weighted by molar-refractivity contribution is -0.122. The highest BCUT2D eigenvalue weighted by molar-refractivity contribution is 14.1. The molecule has 1 saturated carbocycles. The van der Waals surface area contributed by atoms with E-state index in [0.29, 0.717) is 11.7 Å². The Balaban J connectivity index is 2.23. The summed E-state index contributed by atoms with van der Waals surface area (Å²) in [5.74, 6) is 0.918. The van der Waals surface area contributed by atoms with Crippen molar-refractivity contribution in [2.24, 2.45) is 5.92 Å². The van der Waals surface area contributed by atoms with Crippen molar-refractivity contribution < 1.29 is 4.79 Å². The minimum absolute atomic E-state index is 0.389. The van der Waals surface area contributed by atoms with Gasteiger partial charge in [-0.05, 0) is 36.2 Å². The van der Waals surface area contributed by atoms with Gasteiger partial charge in [0.05, 0.1) is 0 Å². The quantitative estimate of drug-likeness (QED) is 0.431. The average Bonchev–Trinajstić information content (AvgIpc) is 2.39. The van der Waals surface area contributed by atoms with E-state index in [1.807, 2.05) is 0 Å². The fourth-order valence-corrected chi connectivity index (χ4v) is 2.44. The Morgan fingerprint density at radius 1 is 1.36 bits per heavy atom. The molecule has 0 aromatic rings. The maximum absolute atomic E-state index is 11.7. The van der Waals surface area contributed by atoms with E-state index in [9.17, 15) is 4.79 Å². The maximum Gasteiger partial charge on any atom is 0.135 e. The molecule has 1 aliphatic rings. The maximum atomic E-state index is 11.7. The van der Waals surface area contributed by atoms with Crippen LogP contribution in [0.25, 0.3) is 0 Å². The number of allylic oxidation sites excluding steroid dienone is 1. The summed E-state index contributed by atoms with van der Waals surface area (Å²) in [5.41, 5.74) is 0. The van der Waals surface area contributed by atoms with E-state index in [-0.39, 0.29) is 0 Å². The van der Waals surface area contributed by atoms with Crippen molar-refractivity contribution in [1.82, 2.24) is 0 Å². The molecule has 0 aromatic carbocycles. The van der Waals surface area contributed by atoms with Gasteiger partial charge in [0, 0.05) is 12.3 Å². The third-order valence-electron chi connectivity index (χ3n) is 2.94. The van der Waals surface area contributed by atoms with E-state index >= 15 is 0 Å². The number of ketones is 1. The average molecular weight is 306 g/mol. The Morgan fingerprint density at radius 2 is 2.21 bits per heavy atom. The number of halogens is 1. The number of unbranched alkanes of at least 4 members (excludes halogenated alkanes) is 1. The van der Waals surface area contributed by atoms with E-state index in [1.54, 1.807) is 0 Å². The molecule has 0 aromatic heterocycles. The molecule has 1 atom stereocenters. The number of hydrogen-bond donors (Lipinski definition) is 0. The van der Waals surface area contributed by atoms with Crippen molar-refractivity contribution in [2.75, 3.05) is 0 Å². The second-order valence-electron chi connectivity index (χ2n) is 4.06. The van der Waals surface area contributed by atoms with E-state index in [0.717, 1.165) is 32.1 Å². The third-order valence-corrected chi connectivity index (χ3v) is 3.45. The summed E-state index contributed by atoms with van der Waals surface area (Å²) in [4.78, 5) is 11.7. The molecule has 0 spiro atoms. The van der Waals surface area contributed by atoms with Gasteiger partial charge in [0.25, 0.3) is 0 Å². The van der Waals surface area contributed by atoms with Gasteiger partial charge < -0.3 is 0 Å². The standard InChI is InChI=1S/C12H19IO/c13-10-6-2-4-8-11-7-3-1-5-9-12(11)14/h6,10-11H,1-5,7-9H2/b10-6-. The third kappa shape index (κ3) is 4.58. The zero-order chi connectivity index (χ0) is 10.2. The summed E-state index contributed by atoms with van der Waals surface area (Å²) in [6.45, 7) is 0. The van der Waals surface area contributed by atoms with E-state index in [1.165, 1.54) is 19.3 Å². The normalized spacial score (nSPS) is 24.1. The van der Waals surface area contributed by atoms with Crippen molar-refractivity contribution in [3.05, 3.63) is 10.2 Å². The molecule has 80 valence electrons. The number of carbonyl (C=O) groups is 1. The number of carbonyl (C=O) groups excluding carboxylic acids is 1. The van der Waals surface area contributed by atoms with Crippen molar-refractivity contribution in [2.45, 2.75) is 51.4 Å². The molecule has 0 amide bonds. The Morgan fingerprint density at radius 3 is 3.00 bits per heavy atom. The summed E-state index contributed by atoms with van der Waals surface area (Å²) in [6, 6.07) is 0. The first-order valence-corrected chi connectivity index (χ1v) is 6.87. The minimum Gasteiger partial charge on any atom is -0.299 e. The summed E-state index contributed by atoms with van der Waals surface area (Å²) >= 11 is 2.24. The lowest BCUT2D eigenvalue weighted by atomic mass is 9.93. The molecule has 0 saturated heterocycles. The molecule has 0 heterocycles. The van der Waals surface area contributed by atoms with Crippen LogP contribution >= 0.6 is 22.6 Å². The van der Waals surface area contributed by atoms with Gasteiger partial charge in [-0.3, -0.25) is 4.79 Å². The van der Waals surface area contributed by atoms with Gasteiger partial charge in [0.15, 0.2) is 0 Å². The molecule has 0 aliphatic heterocycles. The van der Waals surface area contributed by atoms with E-state index in [4.69, 9.17) is 0 Å². The van der Waals surface area contributed by atoms with Crippen LogP contribution in [0.1, 0.15) is 51.4 Å². The number of rotatable bonds is 4. The van der Waals surface area contributed by atoms with E-state index in [2.05, 4.69) is 32.7 Å². The topological polar surface area (TPSA) is 17.1 Å². The Kier molecular flexibility index (Phi) is 6.48. The molecule has 0 bridgehead atoms. The summed E-state index contributed by atoms with van der Waals surface area (Å²) < 4.78 is 2.06. The first kappa shape index (κ1) is 12.2. The zero-order valence-corrected chi connectivity index (χ0v) is 10.8. The molecule has 1 fully saturated rings. The molecular weight excluding hydrogens is 287 g/mol. The molecular formula is C12H19IO. The predicted octanol–water partition coefficient (Wildman–Crippen LogP) is 4.25. The largest absolute Gasteiger partial charge is 0.299 e. The molecule has 1 aliphatic carbocycles. The molecule has 1 rings (SSSR count). The molecule has 1 unspecified atom stereocenters. The lowest BCUT2D eigenvalue weighted by Gasteiger charge is -2.11. The summed E-state index contributed by atoms with van der Waals surface area (Å²) in [5, 5.41) is 0. The molecule has 2 heteroatoms. The SMILES string of the molecule is O=C1CCCCCC1CCC/C=C\I. The highest BCUT2D eigenvalue weighted by atomic mass is 127. The molecule has 0 N–H and O–H groups in total. The van der Waals surface area contributed by atoms with Gasteiger partial charge in [-0.2, -0.15) is 0 Å². The van der Waals surface area contributed by atoms with Crippen molar-refractivity contribution in [3.63, 3.8) is 0 Å². The van der Waals surface area contributed by atoms with Crippen LogP contribution in [0.3, 0.4) is 0 Å². The van der Waals surface area contributed by atoms with Gasteiger partial charge in [-0.1, -0.05) is 41.5 Å². The fraction of sp³-hybridized carbons (Fsp3) is 0.750. The Labute approximate surface area is 100 Å². The van der Waals surface area contributed by atoms with Crippen LogP contribution in [0.15, 0.2) is 10.2 Å². The highest BCUT2D eigenvalue weighted by Crippen LogP contribution is 2.24. The van der Waals surface area contributed by atoms with Gasteiger partial charge in [0.1, 0.15) is 5.78 Å². The van der Waals surface area contributed by atoms with E-state index < -0.39 is 0 Å². The first-order chi connectivity index (χ1) is 6.84. The van der Waals surface area contributed by atoms with Crippen LogP contribution in [-0.2, 0) is 4.79 Å². The van der Waals surface area contributed by atoms with Gasteiger partial charge in [0.2, 0.25) is 0 Å². The van der Waals surface area contributed by atoms with Crippen molar-refractivity contribution in [1.29, 1.82) is 0 Å². The highest BCUT2D eigenvalue weighted by Gasteiger charge is 2.19. The van der Waals surface area contributed by atoms with Gasteiger partial charge in [-0.15, -0.1) is 0 Å². The Hall–Kier alpha value is 0.140. The monoisotopic (exact) mass is 306 g/mol. The Bertz CT molecular complexity index is 198. The molecule has 14 heavy (non-hydrogen) atoms. The first-order valence-electron chi connectivity index (χ1n) is 5.62. The van der Waals surface area contributed by atoms with Crippen molar-refractivity contribution in [3.8, 4) is 0 Å². The summed E-state index contributed by atoms with van der Waals surface area (Å²) in [7, 11) is 0. The van der Waals surface area contributed by atoms with Crippen molar-refractivity contribution >= 4 is 28.4 Å². The smallest absolute Gasteiger partial charge is 0.135 e. The van der Waals surface area contributed by atoms with Crippen LogP contribution in [-0.4, -0.2) is 5.78 Å². The summed E-state index contributed by atoms with van der Waals surface area (Å²) in [6.07, 6.45) is 11.2. The lowest BCUT2D eigenvalue weighted by Crippen LogP contribution is -2.12. The zero-order valence-electron chi connectivity index (χ0n) is 8.68. The molecule has 1 nitrogen and oxygen atoms in total. The van der Waals surface area contributed by atoms with Crippen LogP contribution in [0, 0.1) is 5.92 Å². The second-order valence-corrected chi connectivity index (χ2v) is 4.77. The second kappa shape index (κ2) is 7.43. The fourth-order valence-electron chi connectivity index (χ4n) is 2.08. The predicted molar refractivity (Wildman–Crippen MR) is 68.6 cm³/mol. The van der Waals surface area contributed by atoms with Crippen LogP contribution < -0.4 is 0 Å². The van der Waals surface area contributed by atoms with Gasteiger partial charge in [-0.25, -0.2) is 0 Å².